The molecule has 76 heavy (non-hydrogen) atoms. The number of rotatable bonds is 9. The minimum absolute atomic E-state index is 1.13. The highest BCUT2D eigenvalue weighted by Crippen LogP contribution is 2.41. The molecule has 1 aliphatic heterocycles. The number of hydrogen-bond donors (Lipinski definition) is 0. The molecule has 0 spiro atoms. The molecule has 3 heterocycles. The number of benzene rings is 12. The van der Waals surface area contributed by atoms with E-state index in [4.69, 9.17) is 0 Å². The first kappa shape index (κ1) is 44.2. The lowest BCUT2D eigenvalue weighted by Gasteiger charge is -2.34. The zero-order chi connectivity index (χ0) is 50.2. The van der Waals surface area contributed by atoms with Crippen LogP contribution in [0.3, 0.4) is 0 Å². The molecule has 14 aromatic rings. The van der Waals surface area contributed by atoms with Crippen LogP contribution < -0.4 is 41.5 Å². The van der Waals surface area contributed by atoms with Gasteiger partial charge in [-0.15, -0.1) is 0 Å². The van der Waals surface area contributed by atoms with Crippen LogP contribution >= 0.6 is 0 Å². The molecule has 0 bridgehead atoms. The number of nitrogens with zero attached hydrogens (tertiary/aromatic N) is 2. The van der Waals surface area contributed by atoms with E-state index in [2.05, 4.69) is 312 Å². The van der Waals surface area contributed by atoms with E-state index < -0.39 is 16.1 Å². The van der Waals surface area contributed by atoms with Gasteiger partial charge < -0.3 is 9.13 Å². The molecule has 0 atom stereocenters. The van der Waals surface area contributed by atoms with Crippen molar-refractivity contribution in [3.05, 3.63) is 303 Å². The van der Waals surface area contributed by atoms with Crippen molar-refractivity contribution >= 4 is 101 Å². The van der Waals surface area contributed by atoms with Crippen LogP contribution in [0, 0.1) is 0 Å². The van der Waals surface area contributed by atoms with Crippen LogP contribution in [-0.2, 0) is 0 Å². The van der Waals surface area contributed by atoms with Crippen LogP contribution in [0.4, 0.5) is 0 Å². The van der Waals surface area contributed by atoms with Gasteiger partial charge in [0, 0.05) is 32.9 Å². The Balaban J connectivity index is 0.923. The molecule has 0 N–H and O–H groups in total. The number of fused-ring (bicyclic) bond motifs is 9. The largest absolute Gasteiger partial charge is 0.309 e. The lowest BCUT2D eigenvalue weighted by Crippen LogP contribution is -2.74. The van der Waals surface area contributed by atoms with Gasteiger partial charge in [0.1, 0.15) is 0 Å². The molecule has 0 amide bonds. The average molecular weight is 999 g/mol. The van der Waals surface area contributed by atoms with Gasteiger partial charge in [-0.1, -0.05) is 261 Å². The highest BCUT2D eigenvalue weighted by molar-refractivity contribution is 7.22. The van der Waals surface area contributed by atoms with Gasteiger partial charge in [-0.05, 0) is 106 Å². The van der Waals surface area contributed by atoms with Crippen LogP contribution in [0.5, 0.6) is 0 Å². The third-order valence-electron chi connectivity index (χ3n) is 16.6. The van der Waals surface area contributed by atoms with Crippen molar-refractivity contribution in [2.45, 2.75) is 0 Å². The summed E-state index contributed by atoms with van der Waals surface area (Å²) in [5.41, 5.74) is 12.2. The van der Waals surface area contributed by atoms with E-state index in [9.17, 15) is 0 Å². The van der Waals surface area contributed by atoms with Crippen molar-refractivity contribution in [1.29, 1.82) is 0 Å². The lowest BCUT2D eigenvalue weighted by atomic mass is 9.94. The van der Waals surface area contributed by atoms with E-state index in [1.807, 2.05) is 0 Å². The first-order chi connectivity index (χ1) is 37.7. The molecule has 0 aliphatic carbocycles. The van der Waals surface area contributed by atoms with Crippen LogP contribution in [0.2, 0.25) is 0 Å². The van der Waals surface area contributed by atoms with E-state index in [1.165, 1.54) is 107 Å². The number of hydrogen-bond acceptors (Lipinski definition) is 0. The predicted molar refractivity (Wildman–Crippen MR) is 327 cm³/mol. The molecule has 2 aromatic heterocycles. The minimum Gasteiger partial charge on any atom is -0.309 e. The molecular weight excluding hydrogens is 949 g/mol. The normalized spacial score (nSPS) is 12.8. The fourth-order valence-electron chi connectivity index (χ4n) is 13.5. The third-order valence-corrected chi connectivity index (χ3v) is 26.2. The smallest absolute Gasteiger partial charge is 0.180 e. The molecule has 0 unspecified atom stereocenters. The standard InChI is InChI=1S/C72H50N2Si2/c1-6-23-54(24-7-1)75(55-25-8-2-9-26-55,56-27-10-3-11-28-56)59-45-42-52(43-46-59)73-66-37-19-16-34-62(66)64-48-44-53(50-69(64)73)74-67-38-20-17-33-61(67)63-47-41-51(49-68(63)74)60-36-22-40-71-72(60)65-35-18-21-39-70(65)76(71,57-29-12-4-13-30-57)58-31-14-5-15-32-58/h1-50H. The highest BCUT2D eigenvalue weighted by Gasteiger charge is 2.49. The Labute approximate surface area is 444 Å². The molecular formula is C72H50N2Si2. The summed E-state index contributed by atoms with van der Waals surface area (Å²) in [7, 11) is -5.39. The van der Waals surface area contributed by atoms with Gasteiger partial charge in [-0.25, -0.2) is 0 Å². The molecule has 4 heteroatoms. The van der Waals surface area contributed by atoms with Crippen molar-refractivity contribution in [3.8, 4) is 33.6 Å². The second kappa shape index (κ2) is 17.7. The van der Waals surface area contributed by atoms with Gasteiger partial charge in [-0.2, -0.15) is 0 Å². The fourth-order valence-corrected chi connectivity index (χ4v) is 23.4. The minimum atomic E-state index is -2.71. The zero-order valence-corrected chi connectivity index (χ0v) is 43.8. The van der Waals surface area contributed by atoms with Gasteiger partial charge >= 0.3 is 0 Å². The van der Waals surface area contributed by atoms with Crippen LogP contribution in [0.1, 0.15) is 0 Å². The van der Waals surface area contributed by atoms with E-state index in [0.717, 1.165) is 11.4 Å². The van der Waals surface area contributed by atoms with Gasteiger partial charge in [0.25, 0.3) is 0 Å². The van der Waals surface area contributed by atoms with E-state index in [0.29, 0.717) is 0 Å². The summed E-state index contributed by atoms with van der Waals surface area (Å²) >= 11 is 0. The number of para-hydroxylation sites is 2. The Morgan fingerprint density at radius 3 is 1.25 bits per heavy atom. The Morgan fingerprint density at radius 1 is 0.263 bits per heavy atom. The Bertz CT molecular complexity index is 4350. The molecule has 12 aromatic carbocycles. The van der Waals surface area contributed by atoms with E-state index in [1.54, 1.807) is 0 Å². The summed E-state index contributed by atoms with van der Waals surface area (Å²) in [5, 5.41) is 16.1. The molecule has 0 saturated heterocycles. The molecule has 0 saturated carbocycles. The Kier molecular flexibility index (Phi) is 10.3. The maximum Gasteiger partial charge on any atom is 0.180 e. The SMILES string of the molecule is c1ccc([Si](c2ccccc2)(c2ccccc2)c2ccc(-n3c4ccccc4c4ccc(-n5c6ccccc6c6ccc(-c7cccc8c7-c7ccccc7[Si]8(c7ccccc7)c7ccccc7)cc65)cc43)cc2)cc1. The second-order valence-corrected chi connectivity index (χ2v) is 27.8. The third kappa shape index (κ3) is 6.45. The van der Waals surface area contributed by atoms with Gasteiger partial charge in [0.2, 0.25) is 0 Å². The molecule has 0 fully saturated rings. The van der Waals surface area contributed by atoms with Crippen LogP contribution in [0.25, 0.3) is 77.2 Å². The topological polar surface area (TPSA) is 9.86 Å². The molecule has 356 valence electrons. The van der Waals surface area contributed by atoms with Gasteiger partial charge in [-0.3, -0.25) is 0 Å². The summed E-state index contributed by atoms with van der Waals surface area (Å²) < 4.78 is 4.98. The fraction of sp³-hybridized carbons (Fsp3) is 0. The maximum absolute atomic E-state index is 2.71. The maximum atomic E-state index is 2.50. The van der Waals surface area contributed by atoms with Crippen molar-refractivity contribution in [1.82, 2.24) is 9.13 Å². The Hall–Kier alpha value is -9.33. The Morgan fingerprint density at radius 2 is 0.671 bits per heavy atom. The highest BCUT2D eigenvalue weighted by atomic mass is 28.3. The summed E-state index contributed by atoms with van der Waals surface area (Å²) in [6.07, 6.45) is 0. The molecule has 0 radical (unpaired) electrons. The summed E-state index contributed by atoms with van der Waals surface area (Å²) in [6, 6.07) is 114. The first-order valence-electron chi connectivity index (χ1n) is 26.4. The van der Waals surface area contributed by atoms with E-state index in [-0.39, 0.29) is 0 Å². The second-order valence-electron chi connectivity index (χ2n) is 20.3. The van der Waals surface area contributed by atoms with Crippen LogP contribution in [0.15, 0.2) is 303 Å². The van der Waals surface area contributed by atoms with Crippen molar-refractivity contribution in [2.24, 2.45) is 0 Å². The van der Waals surface area contributed by atoms with Gasteiger partial charge in [0.05, 0.1) is 22.1 Å². The summed E-state index contributed by atoms with van der Waals surface area (Å²) in [4.78, 5) is 0. The monoisotopic (exact) mass is 998 g/mol. The van der Waals surface area contributed by atoms with E-state index >= 15 is 0 Å². The van der Waals surface area contributed by atoms with Crippen molar-refractivity contribution in [3.63, 3.8) is 0 Å². The molecule has 1 aliphatic rings. The molecule has 2 nitrogen and oxygen atoms in total. The average Bonchev–Trinajstić information content (AvgIpc) is 4.15. The van der Waals surface area contributed by atoms with Gasteiger partial charge in [0.15, 0.2) is 16.1 Å². The first-order valence-corrected chi connectivity index (χ1v) is 30.4. The summed E-state index contributed by atoms with van der Waals surface area (Å²) in [5.74, 6) is 0. The zero-order valence-electron chi connectivity index (χ0n) is 41.8. The van der Waals surface area contributed by atoms with Crippen molar-refractivity contribution < 1.29 is 0 Å². The lowest BCUT2D eigenvalue weighted by molar-refractivity contribution is 1.16. The summed E-state index contributed by atoms with van der Waals surface area (Å²) in [6.45, 7) is 0. The number of aromatic nitrogens is 2. The van der Waals surface area contributed by atoms with Crippen molar-refractivity contribution in [2.75, 3.05) is 0 Å². The quantitative estimate of drug-likeness (QED) is 0.101. The van der Waals surface area contributed by atoms with Crippen LogP contribution in [-0.4, -0.2) is 25.3 Å². The molecule has 15 rings (SSSR count). The predicted octanol–water partition coefficient (Wildman–Crippen LogP) is 12.3.